The van der Waals surface area contributed by atoms with E-state index in [1.807, 2.05) is 32.0 Å². The second-order valence-corrected chi connectivity index (χ2v) is 8.91. The Morgan fingerprint density at radius 1 is 0.925 bits per heavy atom. The van der Waals surface area contributed by atoms with E-state index in [0.717, 1.165) is 5.56 Å². The van der Waals surface area contributed by atoms with Gasteiger partial charge in [-0.25, -0.2) is 4.79 Å². The second-order valence-electron chi connectivity index (χ2n) is 8.91. The summed E-state index contributed by atoms with van der Waals surface area (Å²) in [5.74, 6) is 1.17. The molecule has 3 aromatic rings. The van der Waals surface area contributed by atoms with Gasteiger partial charge in [0.15, 0.2) is 23.0 Å². The van der Waals surface area contributed by atoms with Crippen LogP contribution in [0.3, 0.4) is 0 Å². The SMILES string of the molecule is CCOc1ccc(CCNC(=O)C[C@@H](c2cc(OC)c(OC)c(OC)c2)c2c(O)cc(C)oc2=O)cc1OCC. The molecule has 1 amide bonds. The van der Waals surface area contributed by atoms with Gasteiger partial charge in [-0.2, -0.15) is 0 Å². The molecule has 0 radical (unpaired) electrons. The molecule has 0 saturated heterocycles. The maximum atomic E-state index is 13.2. The zero-order chi connectivity index (χ0) is 29.2. The van der Waals surface area contributed by atoms with Crippen molar-refractivity contribution in [2.75, 3.05) is 41.1 Å². The average molecular weight is 556 g/mol. The molecule has 0 unspecified atom stereocenters. The first-order valence-corrected chi connectivity index (χ1v) is 13.0. The van der Waals surface area contributed by atoms with Gasteiger partial charge in [-0.05, 0) is 62.6 Å². The summed E-state index contributed by atoms with van der Waals surface area (Å²) in [5, 5.41) is 13.6. The molecular formula is C30H37NO9. The number of hydrogen-bond donors (Lipinski definition) is 2. The molecule has 2 N–H and O–H groups in total. The fourth-order valence-electron chi connectivity index (χ4n) is 4.47. The van der Waals surface area contributed by atoms with Crippen LogP contribution in [0, 0.1) is 6.92 Å². The van der Waals surface area contributed by atoms with Gasteiger partial charge in [0.25, 0.3) is 0 Å². The van der Waals surface area contributed by atoms with Crippen LogP contribution >= 0.6 is 0 Å². The third-order valence-electron chi connectivity index (χ3n) is 6.26. The molecule has 216 valence electrons. The van der Waals surface area contributed by atoms with E-state index in [0.29, 0.717) is 60.5 Å². The standard InChI is InChI=1S/C30H37NO9/c1-7-38-23-10-9-19(14-24(23)39-8-2)11-12-31-27(33)17-21(28-22(32)13-18(3)40-30(28)34)20-15-25(35-4)29(37-6)26(16-20)36-5/h9-10,13-16,21,32H,7-8,11-12,17H2,1-6H3,(H,31,33)/t21-/m0/s1. The van der Waals surface area contributed by atoms with E-state index in [1.165, 1.54) is 27.4 Å². The van der Waals surface area contributed by atoms with Gasteiger partial charge >= 0.3 is 5.63 Å². The quantitative estimate of drug-likeness (QED) is 0.298. The molecule has 0 aliphatic carbocycles. The van der Waals surface area contributed by atoms with Gasteiger partial charge in [-0.15, -0.1) is 0 Å². The zero-order valence-corrected chi connectivity index (χ0v) is 23.8. The van der Waals surface area contributed by atoms with Crippen molar-refractivity contribution in [3.05, 3.63) is 69.3 Å². The van der Waals surface area contributed by atoms with Crippen LogP contribution < -0.4 is 34.6 Å². The van der Waals surface area contributed by atoms with Gasteiger partial charge in [0.1, 0.15) is 11.5 Å². The fraction of sp³-hybridized carbons (Fsp3) is 0.400. The van der Waals surface area contributed by atoms with Crippen LogP contribution in [0.2, 0.25) is 0 Å². The number of hydrogen-bond acceptors (Lipinski definition) is 9. The Morgan fingerprint density at radius 2 is 1.57 bits per heavy atom. The zero-order valence-electron chi connectivity index (χ0n) is 23.8. The summed E-state index contributed by atoms with van der Waals surface area (Å²) in [4.78, 5) is 26.0. The van der Waals surface area contributed by atoms with E-state index in [-0.39, 0.29) is 29.4 Å². The van der Waals surface area contributed by atoms with Crippen LogP contribution in [-0.4, -0.2) is 52.1 Å². The van der Waals surface area contributed by atoms with E-state index in [2.05, 4.69) is 5.32 Å². The smallest absolute Gasteiger partial charge is 0.343 e. The highest BCUT2D eigenvalue weighted by Crippen LogP contribution is 2.43. The van der Waals surface area contributed by atoms with E-state index in [9.17, 15) is 14.7 Å². The monoisotopic (exact) mass is 555 g/mol. The lowest BCUT2D eigenvalue weighted by Gasteiger charge is -2.21. The van der Waals surface area contributed by atoms with Crippen molar-refractivity contribution in [3.8, 4) is 34.5 Å². The lowest BCUT2D eigenvalue weighted by atomic mass is 9.88. The Bertz CT molecular complexity index is 1340. The van der Waals surface area contributed by atoms with Gasteiger partial charge in [-0.1, -0.05) is 6.07 Å². The number of methoxy groups -OCH3 is 3. The van der Waals surface area contributed by atoms with Crippen molar-refractivity contribution in [3.63, 3.8) is 0 Å². The molecule has 0 bridgehead atoms. The molecule has 0 aliphatic rings. The minimum Gasteiger partial charge on any atom is -0.507 e. The molecule has 0 saturated carbocycles. The highest BCUT2D eigenvalue weighted by atomic mass is 16.5. The maximum Gasteiger partial charge on any atom is 0.343 e. The highest BCUT2D eigenvalue weighted by Gasteiger charge is 2.28. The molecule has 1 aromatic heterocycles. The van der Waals surface area contributed by atoms with E-state index in [1.54, 1.807) is 19.1 Å². The molecule has 0 fully saturated rings. The number of aryl methyl sites for hydroxylation is 1. The summed E-state index contributed by atoms with van der Waals surface area (Å²) in [5.41, 5.74) is 0.693. The second kappa shape index (κ2) is 14.2. The van der Waals surface area contributed by atoms with Crippen LogP contribution in [0.4, 0.5) is 0 Å². The van der Waals surface area contributed by atoms with Crippen LogP contribution in [0.15, 0.2) is 45.6 Å². The van der Waals surface area contributed by atoms with E-state index in [4.69, 9.17) is 28.1 Å². The predicted octanol–water partition coefficient (Wildman–Crippen LogP) is 4.36. The Kier molecular flexibility index (Phi) is 10.7. The van der Waals surface area contributed by atoms with Crippen LogP contribution in [0.1, 0.15) is 48.6 Å². The number of aromatic hydroxyl groups is 1. The molecule has 0 aliphatic heterocycles. The Balaban J connectivity index is 1.87. The fourth-order valence-corrected chi connectivity index (χ4v) is 4.47. The molecule has 0 spiro atoms. The maximum absolute atomic E-state index is 13.2. The van der Waals surface area contributed by atoms with Gasteiger partial charge < -0.3 is 38.5 Å². The Labute approximate surface area is 233 Å². The van der Waals surface area contributed by atoms with Crippen LogP contribution in [-0.2, 0) is 11.2 Å². The van der Waals surface area contributed by atoms with Crippen LogP contribution in [0.25, 0.3) is 0 Å². The molecule has 40 heavy (non-hydrogen) atoms. The third-order valence-corrected chi connectivity index (χ3v) is 6.26. The first kappa shape index (κ1) is 30.2. The Morgan fingerprint density at radius 3 is 2.15 bits per heavy atom. The molecule has 3 rings (SSSR count). The van der Waals surface area contributed by atoms with Crippen molar-refractivity contribution < 1.29 is 38.0 Å². The first-order chi connectivity index (χ1) is 19.3. The number of carbonyl (C=O) groups is 1. The number of ether oxygens (including phenoxy) is 5. The molecule has 10 nitrogen and oxygen atoms in total. The van der Waals surface area contributed by atoms with Crippen molar-refractivity contribution in [2.45, 2.75) is 39.5 Å². The predicted molar refractivity (Wildman–Crippen MR) is 149 cm³/mol. The first-order valence-electron chi connectivity index (χ1n) is 13.0. The van der Waals surface area contributed by atoms with E-state index >= 15 is 0 Å². The summed E-state index contributed by atoms with van der Waals surface area (Å²) in [6, 6.07) is 10.3. The number of nitrogens with one attached hydrogen (secondary N) is 1. The summed E-state index contributed by atoms with van der Waals surface area (Å²) in [6.45, 7) is 6.74. The lowest BCUT2D eigenvalue weighted by Crippen LogP contribution is -2.28. The summed E-state index contributed by atoms with van der Waals surface area (Å²) in [6.07, 6.45) is 0.401. The van der Waals surface area contributed by atoms with Crippen LogP contribution in [0.5, 0.6) is 34.5 Å². The summed E-state index contributed by atoms with van der Waals surface area (Å²) < 4.78 is 32.9. The van der Waals surface area contributed by atoms with Gasteiger partial charge in [-0.3, -0.25) is 4.79 Å². The number of rotatable bonds is 14. The normalized spacial score (nSPS) is 11.4. The van der Waals surface area contributed by atoms with E-state index < -0.39 is 11.5 Å². The van der Waals surface area contributed by atoms with Crippen molar-refractivity contribution in [1.82, 2.24) is 5.32 Å². The Hall–Kier alpha value is -4.34. The third kappa shape index (κ3) is 7.19. The number of benzene rings is 2. The highest BCUT2D eigenvalue weighted by molar-refractivity contribution is 5.78. The minimum absolute atomic E-state index is 0.0390. The largest absolute Gasteiger partial charge is 0.507 e. The van der Waals surface area contributed by atoms with Crippen molar-refractivity contribution >= 4 is 5.91 Å². The van der Waals surface area contributed by atoms with Crippen molar-refractivity contribution in [2.24, 2.45) is 0 Å². The lowest BCUT2D eigenvalue weighted by molar-refractivity contribution is -0.121. The molecule has 1 atom stereocenters. The number of amides is 1. The van der Waals surface area contributed by atoms with Gasteiger partial charge in [0.05, 0.1) is 40.1 Å². The molecular weight excluding hydrogens is 518 g/mol. The average Bonchev–Trinajstić information content (AvgIpc) is 2.92. The minimum atomic E-state index is -0.861. The number of carbonyl (C=O) groups excluding carboxylic acids is 1. The molecule has 10 heteroatoms. The van der Waals surface area contributed by atoms with Crippen molar-refractivity contribution in [1.29, 1.82) is 0 Å². The molecule has 2 aromatic carbocycles. The summed E-state index contributed by atoms with van der Waals surface area (Å²) >= 11 is 0. The molecule has 1 heterocycles. The topological polar surface area (TPSA) is 126 Å². The van der Waals surface area contributed by atoms with Gasteiger partial charge in [0.2, 0.25) is 11.7 Å². The van der Waals surface area contributed by atoms with Gasteiger partial charge in [0, 0.05) is 24.9 Å². The summed E-state index contributed by atoms with van der Waals surface area (Å²) in [7, 11) is 4.42.